The van der Waals surface area contributed by atoms with Gasteiger partial charge in [-0.05, 0) is 56.5 Å². The smallest absolute Gasteiger partial charge is 0.321 e. The third kappa shape index (κ3) is 3.19. The van der Waals surface area contributed by atoms with Gasteiger partial charge in [0.2, 0.25) is 0 Å². The fourth-order valence-corrected chi connectivity index (χ4v) is 3.96. The molecular weight excluding hydrogens is 322 g/mol. The number of fused-ring (bicyclic) bond motifs is 1. The second-order valence-corrected chi connectivity index (χ2v) is 7.27. The van der Waals surface area contributed by atoms with E-state index in [1.54, 1.807) is 0 Å². The van der Waals surface area contributed by atoms with Crippen molar-refractivity contribution < 1.29 is 4.79 Å². The monoisotopic (exact) mass is 347 g/mol. The minimum Gasteiger partial charge on any atom is -0.358 e. The number of para-hydroxylation sites is 1. The first kappa shape index (κ1) is 16.7. The Kier molecular flexibility index (Phi) is 4.41. The number of aromatic nitrogens is 1. The first-order chi connectivity index (χ1) is 12.6. The van der Waals surface area contributed by atoms with E-state index in [4.69, 9.17) is 0 Å². The van der Waals surface area contributed by atoms with Gasteiger partial charge in [0.1, 0.15) is 0 Å². The maximum absolute atomic E-state index is 12.5. The minimum absolute atomic E-state index is 0.00126. The van der Waals surface area contributed by atoms with Crippen molar-refractivity contribution in [3.05, 3.63) is 65.4 Å². The first-order valence-corrected chi connectivity index (χ1v) is 9.31. The van der Waals surface area contributed by atoms with Crippen molar-refractivity contribution in [1.82, 2.24) is 9.88 Å². The Balaban J connectivity index is 1.44. The molecule has 2 heterocycles. The largest absolute Gasteiger partial charge is 0.358 e. The maximum Gasteiger partial charge on any atom is 0.321 e. The molecule has 3 aromatic rings. The van der Waals surface area contributed by atoms with Crippen molar-refractivity contribution in [2.45, 2.75) is 32.6 Å². The molecule has 4 heteroatoms. The van der Waals surface area contributed by atoms with Crippen molar-refractivity contribution in [2.75, 3.05) is 18.4 Å². The quantitative estimate of drug-likeness (QED) is 0.658. The highest BCUT2D eigenvalue weighted by Crippen LogP contribution is 2.34. The highest BCUT2D eigenvalue weighted by Gasteiger charge is 2.26. The minimum atomic E-state index is -0.00126. The molecular formula is C22H25N3O. The number of hydrogen-bond donors (Lipinski definition) is 2. The number of benzene rings is 2. The average molecular weight is 347 g/mol. The zero-order valence-electron chi connectivity index (χ0n) is 15.4. The molecule has 0 radical (unpaired) electrons. The number of carbonyl (C=O) groups is 1. The van der Waals surface area contributed by atoms with Crippen LogP contribution in [0.15, 0.2) is 48.5 Å². The average Bonchev–Trinajstić information content (AvgIpc) is 2.99. The molecule has 26 heavy (non-hydrogen) atoms. The Morgan fingerprint density at radius 3 is 2.54 bits per heavy atom. The molecule has 0 saturated carbocycles. The summed E-state index contributed by atoms with van der Waals surface area (Å²) < 4.78 is 0. The molecule has 0 bridgehead atoms. The number of aryl methyl sites for hydroxylation is 2. The highest BCUT2D eigenvalue weighted by molar-refractivity contribution is 5.89. The van der Waals surface area contributed by atoms with Crippen molar-refractivity contribution in [2.24, 2.45) is 0 Å². The van der Waals surface area contributed by atoms with Gasteiger partial charge in [-0.2, -0.15) is 0 Å². The number of amides is 2. The lowest BCUT2D eigenvalue weighted by Gasteiger charge is -2.32. The van der Waals surface area contributed by atoms with E-state index in [9.17, 15) is 4.79 Å². The number of aromatic amines is 1. The molecule has 1 saturated heterocycles. The maximum atomic E-state index is 12.5. The molecule has 1 aromatic heterocycles. The Bertz CT molecular complexity index is 921. The van der Waals surface area contributed by atoms with Gasteiger partial charge in [0, 0.05) is 41.3 Å². The molecule has 0 aliphatic carbocycles. The van der Waals surface area contributed by atoms with Gasteiger partial charge in [-0.3, -0.25) is 0 Å². The topological polar surface area (TPSA) is 48.1 Å². The number of nitrogens with one attached hydrogen (secondary N) is 2. The molecule has 0 spiro atoms. The summed E-state index contributed by atoms with van der Waals surface area (Å²) >= 11 is 0. The predicted octanol–water partition coefficient (Wildman–Crippen LogP) is 5.20. The highest BCUT2D eigenvalue weighted by atomic mass is 16.2. The van der Waals surface area contributed by atoms with Crippen LogP contribution in [-0.2, 0) is 0 Å². The second kappa shape index (κ2) is 6.87. The van der Waals surface area contributed by atoms with E-state index in [2.05, 4.69) is 42.3 Å². The van der Waals surface area contributed by atoms with Crippen molar-refractivity contribution in [3.8, 4) is 0 Å². The molecule has 1 aliphatic heterocycles. The molecule has 4 rings (SSSR count). The molecule has 0 unspecified atom stereocenters. The third-order valence-electron chi connectivity index (χ3n) is 5.47. The van der Waals surface area contributed by atoms with Crippen molar-refractivity contribution >= 4 is 22.6 Å². The van der Waals surface area contributed by atoms with Crippen LogP contribution in [0.2, 0.25) is 0 Å². The Morgan fingerprint density at radius 1 is 1.08 bits per heavy atom. The Labute approximate surface area is 154 Å². The van der Waals surface area contributed by atoms with Gasteiger partial charge in [-0.15, -0.1) is 0 Å². The lowest BCUT2D eigenvalue weighted by Crippen LogP contribution is -2.40. The second-order valence-electron chi connectivity index (χ2n) is 7.27. The molecule has 1 fully saturated rings. The van der Waals surface area contributed by atoms with Crippen LogP contribution in [-0.4, -0.2) is 29.0 Å². The van der Waals surface area contributed by atoms with Crippen LogP contribution in [0.5, 0.6) is 0 Å². The van der Waals surface area contributed by atoms with Crippen LogP contribution < -0.4 is 5.32 Å². The number of anilines is 1. The van der Waals surface area contributed by atoms with E-state index >= 15 is 0 Å². The standard InChI is InChI=1S/C22H25N3O/c1-15-8-9-20-19(14-15)16(2)21(24-20)17-10-12-25(13-11-17)22(26)23-18-6-4-3-5-7-18/h3-9,14,17,24H,10-13H2,1-2H3,(H,23,26). The van der Waals surface area contributed by atoms with Crippen molar-refractivity contribution in [1.29, 1.82) is 0 Å². The number of likely N-dealkylation sites (tertiary alicyclic amines) is 1. The molecule has 2 N–H and O–H groups in total. The molecule has 134 valence electrons. The van der Waals surface area contributed by atoms with Crippen molar-refractivity contribution in [3.63, 3.8) is 0 Å². The van der Waals surface area contributed by atoms with Gasteiger partial charge in [-0.25, -0.2) is 4.79 Å². The number of H-pyrrole nitrogens is 1. The SMILES string of the molecule is Cc1ccc2[nH]c(C3CCN(C(=O)Nc4ccccc4)CC3)c(C)c2c1. The number of nitrogens with zero attached hydrogens (tertiary/aromatic N) is 1. The van der Waals surface area contributed by atoms with Crippen LogP contribution >= 0.6 is 0 Å². The number of carbonyl (C=O) groups excluding carboxylic acids is 1. The molecule has 1 aliphatic rings. The van der Waals surface area contributed by atoms with E-state index in [-0.39, 0.29) is 6.03 Å². The zero-order chi connectivity index (χ0) is 18.1. The van der Waals surface area contributed by atoms with Gasteiger partial charge < -0.3 is 15.2 Å². The number of hydrogen-bond acceptors (Lipinski definition) is 1. The normalized spacial score (nSPS) is 15.4. The Hall–Kier alpha value is -2.75. The van der Waals surface area contributed by atoms with Crippen LogP contribution in [0.4, 0.5) is 10.5 Å². The molecule has 4 nitrogen and oxygen atoms in total. The summed E-state index contributed by atoms with van der Waals surface area (Å²) in [7, 11) is 0. The van der Waals surface area contributed by atoms with Gasteiger partial charge >= 0.3 is 6.03 Å². The van der Waals surface area contributed by atoms with Crippen LogP contribution in [0.1, 0.15) is 35.6 Å². The number of urea groups is 1. The van der Waals surface area contributed by atoms with E-state index < -0.39 is 0 Å². The van der Waals surface area contributed by atoms with E-state index in [0.717, 1.165) is 31.6 Å². The fourth-order valence-electron chi connectivity index (χ4n) is 3.96. The van der Waals surface area contributed by atoms with E-state index in [0.29, 0.717) is 5.92 Å². The Morgan fingerprint density at radius 2 is 1.81 bits per heavy atom. The van der Waals surface area contributed by atoms with Crippen LogP contribution in [0.3, 0.4) is 0 Å². The van der Waals surface area contributed by atoms with Gasteiger partial charge in [0.15, 0.2) is 0 Å². The van der Waals surface area contributed by atoms with Crippen LogP contribution in [0.25, 0.3) is 10.9 Å². The molecule has 0 atom stereocenters. The first-order valence-electron chi connectivity index (χ1n) is 9.31. The summed E-state index contributed by atoms with van der Waals surface area (Å²) in [6.45, 7) is 5.92. The lowest BCUT2D eigenvalue weighted by molar-refractivity contribution is 0.194. The summed E-state index contributed by atoms with van der Waals surface area (Å²) in [6.07, 6.45) is 1.99. The fraction of sp³-hybridized carbons (Fsp3) is 0.318. The van der Waals surface area contributed by atoms with E-state index in [1.807, 2.05) is 35.2 Å². The van der Waals surface area contributed by atoms with Gasteiger partial charge in [-0.1, -0.05) is 29.8 Å². The summed E-state index contributed by atoms with van der Waals surface area (Å²) in [5.74, 6) is 0.489. The number of piperidine rings is 1. The summed E-state index contributed by atoms with van der Waals surface area (Å²) in [4.78, 5) is 18.0. The molecule has 2 amide bonds. The summed E-state index contributed by atoms with van der Waals surface area (Å²) in [5.41, 5.74) is 6.05. The van der Waals surface area contributed by atoms with Gasteiger partial charge in [0.05, 0.1) is 0 Å². The number of rotatable bonds is 2. The third-order valence-corrected chi connectivity index (χ3v) is 5.47. The zero-order valence-corrected chi connectivity index (χ0v) is 15.4. The lowest BCUT2D eigenvalue weighted by atomic mass is 9.91. The van der Waals surface area contributed by atoms with E-state index in [1.165, 1.54) is 27.7 Å². The van der Waals surface area contributed by atoms with Gasteiger partial charge in [0.25, 0.3) is 0 Å². The van der Waals surface area contributed by atoms with Crippen LogP contribution in [0, 0.1) is 13.8 Å². The summed E-state index contributed by atoms with van der Waals surface area (Å²) in [6, 6.07) is 16.2. The summed E-state index contributed by atoms with van der Waals surface area (Å²) in [5, 5.41) is 4.31. The molecule has 2 aromatic carbocycles. The predicted molar refractivity (Wildman–Crippen MR) is 107 cm³/mol.